The molecule has 50 valence electrons. The Balaban J connectivity index is 0.000000640. The summed E-state index contributed by atoms with van der Waals surface area (Å²) >= 11 is 0. The molecule has 1 aromatic heterocycles. The standard InChI is InChI=1S/C7H10N.FH/c1-2-8-6-4-3-5-7-8;/h3-7H,2H2,1H3;1H/q+1;/p-1. The summed E-state index contributed by atoms with van der Waals surface area (Å²) < 4.78 is 2.12. The van der Waals surface area contributed by atoms with Gasteiger partial charge in [-0.15, -0.1) is 0 Å². The minimum Gasteiger partial charge on any atom is -1.00 e. The van der Waals surface area contributed by atoms with Crippen molar-refractivity contribution < 1.29 is 9.27 Å². The molecule has 0 spiro atoms. The van der Waals surface area contributed by atoms with E-state index in [0.29, 0.717) is 0 Å². The van der Waals surface area contributed by atoms with Crippen LogP contribution in [-0.4, -0.2) is 0 Å². The van der Waals surface area contributed by atoms with Gasteiger partial charge in [0.2, 0.25) is 0 Å². The molecule has 1 nitrogen and oxygen atoms in total. The highest BCUT2D eigenvalue weighted by Gasteiger charge is 1.86. The van der Waals surface area contributed by atoms with Gasteiger partial charge in [-0.1, -0.05) is 6.07 Å². The van der Waals surface area contributed by atoms with Gasteiger partial charge in [-0.25, -0.2) is 4.57 Å². The SMILES string of the molecule is CC[n+]1ccccc1.[F-]. The van der Waals surface area contributed by atoms with E-state index in [1.807, 2.05) is 18.2 Å². The summed E-state index contributed by atoms with van der Waals surface area (Å²) in [5.74, 6) is 0. The molecule has 0 aliphatic carbocycles. The summed E-state index contributed by atoms with van der Waals surface area (Å²) in [6.45, 7) is 3.18. The fourth-order valence-electron chi connectivity index (χ4n) is 0.645. The first-order valence-corrected chi connectivity index (χ1v) is 2.87. The zero-order valence-corrected chi connectivity index (χ0v) is 5.42. The lowest BCUT2D eigenvalue weighted by Crippen LogP contribution is -3.00. The highest BCUT2D eigenvalue weighted by Crippen LogP contribution is 1.74. The van der Waals surface area contributed by atoms with Crippen molar-refractivity contribution in [2.24, 2.45) is 0 Å². The maximum Gasteiger partial charge on any atom is 0.168 e. The van der Waals surface area contributed by atoms with Gasteiger partial charge < -0.3 is 4.70 Å². The molecule has 0 aliphatic rings. The van der Waals surface area contributed by atoms with Gasteiger partial charge in [0.25, 0.3) is 0 Å². The Labute approximate surface area is 54.3 Å². The topological polar surface area (TPSA) is 3.88 Å². The molecule has 9 heavy (non-hydrogen) atoms. The molecule has 1 heterocycles. The zero-order chi connectivity index (χ0) is 5.82. The Morgan fingerprint density at radius 2 is 1.67 bits per heavy atom. The van der Waals surface area contributed by atoms with Crippen molar-refractivity contribution in [3.63, 3.8) is 0 Å². The maximum atomic E-state index is 2.12. The van der Waals surface area contributed by atoms with E-state index in [4.69, 9.17) is 0 Å². The van der Waals surface area contributed by atoms with Crippen molar-refractivity contribution in [2.45, 2.75) is 13.5 Å². The number of aryl methyl sites for hydroxylation is 1. The fourth-order valence-corrected chi connectivity index (χ4v) is 0.645. The summed E-state index contributed by atoms with van der Waals surface area (Å²) in [7, 11) is 0. The lowest BCUT2D eigenvalue weighted by molar-refractivity contribution is -0.693. The van der Waals surface area contributed by atoms with Crippen LogP contribution in [0.1, 0.15) is 6.92 Å². The largest absolute Gasteiger partial charge is 1.00 e. The Hall–Kier alpha value is -0.920. The third-order valence-corrected chi connectivity index (χ3v) is 1.14. The molecule has 0 amide bonds. The van der Waals surface area contributed by atoms with Crippen molar-refractivity contribution in [2.75, 3.05) is 0 Å². The van der Waals surface area contributed by atoms with E-state index in [9.17, 15) is 0 Å². The van der Waals surface area contributed by atoms with Gasteiger partial charge in [0.15, 0.2) is 12.4 Å². The summed E-state index contributed by atoms with van der Waals surface area (Å²) in [5, 5.41) is 0. The molecule has 1 rings (SSSR count). The number of nitrogens with zero attached hydrogens (tertiary/aromatic N) is 1. The van der Waals surface area contributed by atoms with Crippen LogP contribution < -0.4 is 9.27 Å². The van der Waals surface area contributed by atoms with E-state index in [1.165, 1.54) is 0 Å². The summed E-state index contributed by atoms with van der Waals surface area (Å²) in [6, 6.07) is 6.08. The van der Waals surface area contributed by atoms with Crippen LogP contribution in [0.5, 0.6) is 0 Å². The first-order chi connectivity index (χ1) is 3.93. The van der Waals surface area contributed by atoms with E-state index in [-0.39, 0.29) is 4.70 Å². The monoisotopic (exact) mass is 127 g/mol. The predicted molar refractivity (Wildman–Crippen MR) is 32.3 cm³/mol. The van der Waals surface area contributed by atoms with Crippen LogP contribution in [0.4, 0.5) is 0 Å². The number of pyridine rings is 1. The molecule has 0 aromatic carbocycles. The third-order valence-electron chi connectivity index (χ3n) is 1.14. The van der Waals surface area contributed by atoms with Crippen molar-refractivity contribution in [1.29, 1.82) is 0 Å². The molecule has 0 aliphatic heterocycles. The second-order valence-corrected chi connectivity index (χ2v) is 1.71. The van der Waals surface area contributed by atoms with Crippen molar-refractivity contribution in [3.8, 4) is 0 Å². The molecule has 0 N–H and O–H groups in total. The van der Waals surface area contributed by atoms with Crippen LogP contribution in [-0.2, 0) is 6.54 Å². The molecule has 0 bridgehead atoms. The zero-order valence-electron chi connectivity index (χ0n) is 5.42. The molecular formula is C7H10FN. The van der Waals surface area contributed by atoms with Crippen LogP contribution >= 0.6 is 0 Å². The molecule has 0 fully saturated rings. The number of hydrogen-bond donors (Lipinski definition) is 0. The number of halogens is 1. The molecule has 0 saturated heterocycles. The van der Waals surface area contributed by atoms with E-state index >= 15 is 0 Å². The van der Waals surface area contributed by atoms with Gasteiger partial charge in [-0.3, -0.25) is 0 Å². The average molecular weight is 127 g/mol. The summed E-state index contributed by atoms with van der Waals surface area (Å²) in [5.41, 5.74) is 0. The smallest absolute Gasteiger partial charge is 0.168 e. The first-order valence-electron chi connectivity index (χ1n) is 2.87. The van der Waals surface area contributed by atoms with E-state index in [1.54, 1.807) is 0 Å². The number of hydrogen-bond acceptors (Lipinski definition) is 0. The van der Waals surface area contributed by atoms with Gasteiger partial charge in [-0.05, 0) is 6.92 Å². The van der Waals surface area contributed by atoms with Crippen LogP contribution in [0.25, 0.3) is 0 Å². The number of rotatable bonds is 1. The van der Waals surface area contributed by atoms with Gasteiger partial charge >= 0.3 is 0 Å². The second kappa shape index (κ2) is 4.01. The highest BCUT2D eigenvalue weighted by molar-refractivity contribution is 4.83. The molecule has 0 saturated carbocycles. The van der Waals surface area contributed by atoms with Crippen LogP contribution in [0, 0.1) is 0 Å². The lowest BCUT2D eigenvalue weighted by Gasteiger charge is -1.84. The second-order valence-electron chi connectivity index (χ2n) is 1.71. The minimum atomic E-state index is 0. The minimum absolute atomic E-state index is 0. The van der Waals surface area contributed by atoms with Gasteiger partial charge in [0, 0.05) is 12.1 Å². The predicted octanol–water partition coefficient (Wildman–Crippen LogP) is -2.00. The quantitative estimate of drug-likeness (QED) is 0.384. The fraction of sp³-hybridized carbons (Fsp3) is 0.286. The summed E-state index contributed by atoms with van der Waals surface area (Å²) in [6.07, 6.45) is 4.11. The third kappa shape index (κ3) is 2.22. The van der Waals surface area contributed by atoms with Crippen molar-refractivity contribution in [3.05, 3.63) is 30.6 Å². The lowest BCUT2D eigenvalue weighted by atomic mass is 10.5. The molecular weight excluding hydrogens is 117 g/mol. The highest BCUT2D eigenvalue weighted by atomic mass is 19.0. The normalized spacial score (nSPS) is 8.11. The van der Waals surface area contributed by atoms with E-state index in [0.717, 1.165) is 6.54 Å². The molecule has 2 heteroatoms. The maximum absolute atomic E-state index is 2.12. The molecule has 1 aromatic rings. The Morgan fingerprint density at radius 3 is 2.00 bits per heavy atom. The van der Waals surface area contributed by atoms with Crippen LogP contribution in [0.2, 0.25) is 0 Å². The van der Waals surface area contributed by atoms with Crippen molar-refractivity contribution in [1.82, 2.24) is 0 Å². The average Bonchev–Trinajstić information content (AvgIpc) is 1.90. The Bertz CT molecular complexity index is 150. The molecule has 0 unspecified atom stereocenters. The van der Waals surface area contributed by atoms with Gasteiger partial charge in [-0.2, -0.15) is 0 Å². The van der Waals surface area contributed by atoms with Crippen LogP contribution in [0.3, 0.4) is 0 Å². The van der Waals surface area contributed by atoms with Gasteiger partial charge in [0.1, 0.15) is 6.54 Å². The van der Waals surface area contributed by atoms with E-state index in [2.05, 4.69) is 23.9 Å². The first kappa shape index (κ1) is 8.08. The van der Waals surface area contributed by atoms with Crippen molar-refractivity contribution >= 4 is 0 Å². The van der Waals surface area contributed by atoms with Crippen LogP contribution in [0.15, 0.2) is 30.6 Å². The number of aromatic nitrogens is 1. The summed E-state index contributed by atoms with van der Waals surface area (Å²) in [4.78, 5) is 0. The van der Waals surface area contributed by atoms with Gasteiger partial charge in [0.05, 0.1) is 0 Å². The Kier molecular flexibility index (Phi) is 3.60. The Morgan fingerprint density at radius 1 is 1.11 bits per heavy atom. The molecule has 0 radical (unpaired) electrons. The van der Waals surface area contributed by atoms with E-state index < -0.39 is 0 Å². The molecule has 0 atom stereocenters.